The van der Waals surface area contributed by atoms with Crippen molar-refractivity contribution in [2.75, 3.05) is 0 Å². The van der Waals surface area contributed by atoms with Gasteiger partial charge in [-0.1, -0.05) is 18.2 Å². The lowest BCUT2D eigenvalue weighted by molar-refractivity contribution is 0.595. The average Bonchev–Trinajstić information content (AvgIpc) is 2.52. The Labute approximate surface area is 101 Å². The van der Waals surface area contributed by atoms with E-state index < -0.39 is 10.0 Å². The van der Waals surface area contributed by atoms with Crippen LogP contribution in [0.2, 0.25) is 0 Å². The standard InChI is InChI=1S/C12H14N2O2S/c1-3-6-9(2)13-12-10-7-4-5-8-11(10)17(15,16)14-12/h3-5,7-9H,1,6H2,2H3,(H,13,14). The van der Waals surface area contributed by atoms with Crippen LogP contribution in [0.3, 0.4) is 0 Å². The van der Waals surface area contributed by atoms with Crippen LogP contribution in [0.4, 0.5) is 0 Å². The van der Waals surface area contributed by atoms with Crippen LogP contribution >= 0.6 is 0 Å². The molecule has 0 saturated heterocycles. The summed E-state index contributed by atoms with van der Waals surface area (Å²) in [4.78, 5) is 4.65. The molecule has 0 bridgehead atoms. The van der Waals surface area contributed by atoms with Crippen LogP contribution in [-0.4, -0.2) is 20.3 Å². The minimum absolute atomic E-state index is 0.0105. The molecule has 4 nitrogen and oxygen atoms in total. The Kier molecular flexibility index (Phi) is 3.02. The molecule has 0 radical (unpaired) electrons. The molecule has 1 atom stereocenters. The van der Waals surface area contributed by atoms with Crippen molar-refractivity contribution in [1.29, 1.82) is 0 Å². The van der Waals surface area contributed by atoms with Gasteiger partial charge >= 0.3 is 0 Å². The van der Waals surface area contributed by atoms with Crippen molar-refractivity contribution in [3.05, 3.63) is 42.5 Å². The number of hydrogen-bond acceptors (Lipinski definition) is 3. The fourth-order valence-electron chi connectivity index (χ4n) is 1.74. The molecule has 0 aromatic heterocycles. The highest BCUT2D eigenvalue weighted by atomic mass is 32.2. The fourth-order valence-corrected chi connectivity index (χ4v) is 2.98. The summed E-state index contributed by atoms with van der Waals surface area (Å²) in [6.45, 7) is 5.56. The number of benzene rings is 1. The van der Waals surface area contributed by atoms with E-state index in [1.54, 1.807) is 30.3 Å². The summed E-state index contributed by atoms with van der Waals surface area (Å²) in [5.74, 6) is 0.426. The number of aliphatic imine (C=N–C) groups is 1. The summed E-state index contributed by atoms with van der Waals surface area (Å²) in [6, 6.07) is 6.85. The summed E-state index contributed by atoms with van der Waals surface area (Å²) in [6.07, 6.45) is 2.48. The van der Waals surface area contributed by atoms with Crippen molar-refractivity contribution in [2.24, 2.45) is 4.99 Å². The molecule has 1 heterocycles. The van der Waals surface area contributed by atoms with E-state index in [1.807, 2.05) is 6.92 Å². The third kappa shape index (κ3) is 2.24. The van der Waals surface area contributed by atoms with Gasteiger partial charge < -0.3 is 0 Å². The number of nitrogens with zero attached hydrogens (tertiary/aromatic N) is 1. The monoisotopic (exact) mass is 250 g/mol. The van der Waals surface area contributed by atoms with E-state index in [0.29, 0.717) is 22.7 Å². The third-order valence-corrected chi connectivity index (χ3v) is 3.92. The summed E-state index contributed by atoms with van der Waals surface area (Å²) >= 11 is 0. The van der Waals surface area contributed by atoms with E-state index in [-0.39, 0.29) is 6.04 Å². The van der Waals surface area contributed by atoms with Gasteiger partial charge in [0.25, 0.3) is 10.0 Å². The zero-order chi connectivity index (χ0) is 12.5. The van der Waals surface area contributed by atoms with Crippen LogP contribution in [0.1, 0.15) is 18.9 Å². The zero-order valence-electron chi connectivity index (χ0n) is 9.55. The number of rotatable bonds is 3. The van der Waals surface area contributed by atoms with Gasteiger partial charge in [0, 0.05) is 5.56 Å². The summed E-state index contributed by atoms with van der Waals surface area (Å²) in [7, 11) is -3.42. The van der Waals surface area contributed by atoms with Crippen LogP contribution in [0.5, 0.6) is 0 Å². The van der Waals surface area contributed by atoms with Crippen LogP contribution in [0.25, 0.3) is 0 Å². The Balaban J connectivity index is 2.45. The van der Waals surface area contributed by atoms with Gasteiger partial charge in [-0.2, -0.15) is 0 Å². The van der Waals surface area contributed by atoms with Gasteiger partial charge in [-0.3, -0.25) is 9.71 Å². The van der Waals surface area contributed by atoms with E-state index in [4.69, 9.17) is 0 Å². The first-order valence-electron chi connectivity index (χ1n) is 5.35. The van der Waals surface area contributed by atoms with Crippen LogP contribution in [0.15, 0.2) is 46.8 Å². The normalized spacial score (nSPS) is 20.6. The van der Waals surface area contributed by atoms with Gasteiger partial charge in [0.1, 0.15) is 5.84 Å². The van der Waals surface area contributed by atoms with Crippen molar-refractivity contribution in [1.82, 2.24) is 4.72 Å². The molecule has 1 aromatic carbocycles. The Hall–Kier alpha value is -1.62. The molecule has 17 heavy (non-hydrogen) atoms. The molecule has 1 aliphatic heterocycles. The number of fused-ring (bicyclic) bond motifs is 1. The van der Waals surface area contributed by atoms with Crippen molar-refractivity contribution in [3.63, 3.8) is 0 Å². The molecule has 0 saturated carbocycles. The van der Waals surface area contributed by atoms with E-state index in [1.165, 1.54) is 0 Å². The molecule has 0 aliphatic carbocycles. The van der Waals surface area contributed by atoms with Crippen molar-refractivity contribution in [2.45, 2.75) is 24.3 Å². The van der Waals surface area contributed by atoms with Crippen LogP contribution in [-0.2, 0) is 10.0 Å². The number of hydrogen-bond donors (Lipinski definition) is 1. The molecule has 1 unspecified atom stereocenters. The summed E-state index contributed by atoms with van der Waals surface area (Å²) in [5, 5.41) is 0. The quantitative estimate of drug-likeness (QED) is 0.830. The Morgan fingerprint density at radius 2 is 2.18 bits per heavy atom. The highest BCUT2D eigenvalue weighted by Crippen LogP contribution is 2.22. The predicted octanol–water partition coefficient (Wildman–Crippen LogP) is 1.69. The number of nitrogens with one attached hydrogen (secondary N) is 1. The maximum absolute atomic E-state index is 11.8. The maximum Gasteiger partial charge on any atom is 0.263 e. The average molecular weight is 250 g/mol. The number of amidine groups is 1. The second kappa shape index (κ2) is 4.33. The first-order valence-corrected chi connectivity index (χ1v) is 6.84. The van der Waals surface area contributed by atoms with Gasteiger partial charge in [0.15, 0.2) is 0 Å². The van der Waals surface area contributed by atoms with Gasteiger partial charge in [-0.15, -0.1) is 6.58 Å². The van der Waals surface area contributed by atoms with Crippen LogP contribution < -0.4 is 4.72 Å². The minimum Gasteiger partial charge on any atom is -0.264 e. The second-order valence-electron chi connectivity index (χ2n) is 3.95. The third-order valence-electron chi connectivity index (χ3n) is 2.52. The Bertz CT molecular complexity index is 576. The van der Waals surface area contributed by atoms with Crippen molar-refractivity contribution in [3.8, 4) is 0 Å². The zero-order valence-corrected chi connectivity index (χ0v) is 10.4. The van der Waals surface area contributed by atoms with E-state index >= 15 is 0 Å². The molecular weight excluding hydrogens is 236 g/mol. The molecule has 0 spiro atoms. The smallest absolute Gasteiger partial charge is 0.263 e. The molecular formula is C12H14N2O2S. The molecule has 0 fully saturated rings. The molecule has 1 aliphatic rings. The lowest BCUT2D eigenvalue weighted by Crippen LogP contribution is -2.23. The Morgan fingerprint density at radius 3 is 2.88 bits per heavy atom. The molecule has 0 amide bonds. The SMILES string of the molecule is C=CCC(C)N=C1NS(=O)(=O)c2ccccc21. The van der Waals surface area contributed by atoms with Gasteiger partial charge in [0.05, 0.1) is 10.9 Å². The van der Waals surface area contributed by atoms with Crippen molar-refractivity contribution < 1.29 is 8.42 Å². The van der Waals surface area contributed by atoms with Crippen molar-refractivity contribution >= 4 is 15.9 Å². The first-order chi connectivity index (χ1) is 8.04. The summed E-state index contributed by atoms with van der Waals surface area (Å²) < 4.78 is 26.1. The lowest BCUT2D eigenvalue weighted by atomic mass is 10.2. The van der Waals surface area contributed by atoms with Gasteiger partial charge in [-0.25, -0.2) is 8.42 Å². The van der Waals surface area contributed by atoms with Crippen LogP contribution in [0, 0.1) is 0 Å². The summed E-state index contributed by atoms with van der Waals surface area (Å²) in [5.41, 5.74) is 0.642. The van der Waals surface area contributed by atoms with Gasteiger partial charge in [0.2, 0.25) is 0 Å². The maximum atomic E-state index is 11.8. The van der Waals surface area contributed by atoms with E-state index in [2.05, 4.69) is 16.3 Å². The lowest BCUT2D eigenvalue weighted by Gasteiger charge is -2.04. The first kappa shape index (κ1) is 11.9. The molecule has 1 aromatic rings. The topological polar surface area (TPSA) is 58.5 Å². The second-order valence-corrected chi connectivity index (χ2v) is 5.60. The molecule has 2 rings (SSSR count). The fraction of sp³-hybridized carbons (Fsp3) is 0.250. The number of sulfonamides is 1. The predicted molar refractivity (Wildman–Crippen MR) is 67.6 cm³/mol. The molecule has 5 heteroatoms. The van der Waals surface area contributed by atoms with Gasteiger partial charge in [-0.05, 0) is 25.5 Å². The van der Waals surface area contributed by atoms with E-state index in [0.717, 1.165) is 0 Å². The highest BCUT2D eigenvalue weighted by molar-refractivity contribution is 7.90. The highest BCUT2D eigenvalue weighted by Gasteiger charge is 2.30. The minimum atomic E-state index is -3.42. The Morgan fingerprint density at radius 1 is 1.47 bits per heavy atom. The molecule has 90 valence electrons. The largest absolute Gasteiger partial charge is 0.264 e. The molecule has 1 N–H and O–H groups in total. The van der Waals surface area contributed by atoms with E-state index in [9.17, 15) is 8.42 Å².